The van der Waals surface area contributed by atoms with E-state index >= 15 is 0 Å². The molecule has 26 heavy (non-hydrogen) atoms. The molecule has 1 atom stereocenters. The van der Waals surface area contributed by atoms with Crippen LogP contribution in [0, 0.1) is 0 Å². The number of nitrogens with zero attached hydrogens (tertiary/aromatic N) is 3. The fraction of sp³-hybridized carbons (Fsp3) is 0.474. The Morgan fingerprint density at radius 2 is 2.00 bits per heavy atom. The van der Waals surface area contributed by atoms with Crippen molar-refractivity contribution in [2.75, 3.05) is 31.1 Å². The second kappa shape index (κ2) is 6.16. The van der Waals surface area contributed by atoms with Crippen molar-refractivity contribution < 1.29 is 14.3 Å². The van der Waals surface area contributed by atoms with Crippen LogP contribution in [0.4, 0.5) is 15.3 Å². The van der Waals surface area contributed by atoms with Crippen LogP contribution in [-0.4, -0.2) is 59.7 Å². The summed E-state index contributed by atoms with van der Waals surface area (Å²) in [5.74, 6) is 0. The normalized spacial score (nSPS) is 20.7. The number of anilines is 1. The smallest absolute Gasteiger partial charge is 0.410 e. The molecule has 0 saturated carbocycles. The Kier molecular flexibility index (Phi) is 4.06. The van der Waals surface area contributed by atoms with Gasteiger partial charge in [-0.3, -0.25) is 4.90 Å². The summed E-state index contributed by atoms with van der Waals surface area (Å²) in [6.45, 7) is 7.74. The SMILES string of the molecule is CC(C)(C)OC(=O)N1CCN2C(=O)N(c3ccc4sccc4c3)CC2C1. The van der Waals surface area contributed by atoms with Gasteiger partial charge in [-0.05, 0) is 55.8 Å². The van der Waals surface area contributed by atoms with Crippen LogP contribution in [0.1, 0.15) is 20.8 Å². The van der Waals surface area contributed by atoms with Crippen molar-refractivity contribution in [1.29, 1.82) is 0 Å². The van der Waals surface area contributed by atoms with Crippen molar-refractivity contribution in [3.63, 3.8) is 0 Å². The molecule has 138 valence electrons. The van der Waals surface area contributed by atoms with E-state index in [-0.39, 0.29) is 18.2 Å². The standard InChI is InChI=1S/C19H23N3O3S/c1-19(2,3)25-18(24)20-7-8-21-15(11-20)12-22(17(21)23)14-4-5-16-13(10-14)6-9-26-16/h4-6,9-10,15H,7-8,11-12H2,1-3H3. The van der Waals surface area contributed by atoms with Crippen LogP contribution < -0.4 is 4.90 Å². The van der Waals surface area contributed by atoms with E-state index in [1.54, 1.807) is 16.2 Å². The highest BCUT2D eigenvalue weighted by atomic mass is 32.1. The third-order valence-corrected chi connectivity index (χ3v) is 5.65. The molecule has 1 unspecified atom stereocenters. The van der Waals surface area contributed by atoms with Crippen molar-refractivity contribution in [3.05, 3.63) is 29.6 Å². The minimum Gasteiger partial charge on any atom is -0.444 e. The van der Waals surface area contributed by atoms with Crippen LogP contribution in [-0.2, 0) is 4.74 Å². The maximum atomic E-state index is 12.8. The van der Waals surface area contributed by atoms with Gasteiger partial charge in [0.25, 0.3) is 0 Å². The Morgan fingerprint density at radius 3 is 2.77 bits per heavy atom. The predicted octanol–water partition coefficient (Wildman–Crippen LogP) is 3.76. The summed E-state index contributed by atoms with van der Waals surface area (Å²) in [6, 6.07) is 8.22. The van der Waals surface area contributed by atoms with E-state index in [1.807, 2.05) is 36.6 Å². The molecule has 2 fully saturated rings. The van der Waals surface area contributed by atoms with Crippen molar-refractivity contribution in [1.82, 2.24) is 9.80 Å². The number of urea groups is 1. The molecule has 1 aromatic heterocycles. The Morgan fingerprint density at radius 1 is 1.19 bits per heavy atom. The molecule has 2 aliphatic heterocycles. The van der Waals surface area contributed by atoms with Crippen LogP contribution in [0.2, 0.25) is 0 Å². The first-order valence-electron chi connectivity index (χ1n) is 8.85. The average Bonchev–Trinajstić information content (AvgIpc) is 3.16. The number of hydrogen-bond donors (Lipinski definition) is 0. The zero-order valence-corrected chi connectivity index (χ0v) is 16.1. The lowest BCUT2D eigenvalue weighted by atomic mass is 10.2. The van der Waals surface area contributed by atoms with E-state index in [4.69, 9.17) is 4.74 Å². The van der Waals surface area contributed by atoms with Crippen molar-refractivity contribution >= 4 is 39.2 Å². The van der Waals surface area contributed by atoms with E-state index < -0.39 is 5.60 Å². The Bertz CT molecular complexity index is 857. The first kappa shape index (κ1) is 17.1. The van der Waals surface area contributed by atoms with Gasteiger partial charge in [0.15, 0.2) is 0 Å². The molecular formula is C19H23N3O3S. The Balaban J connectivity index is 1.49. The molecule has 2 aliphatic rings. The van der Waals surface area contributed by atoms with Crippen LogP contribution in [0.15, 0.2) is 29.6 Å². The molecule has 3 heterocycles. The topological polar surface area (TPSA) is 53.1 Å². The first-order chi connectivity index (χ1) is 12.3. The van der Waals surface area contributed by atoms with E-state index in [2.05, 4.69) is 23.6 Å². The summed E-state index contributed by atoms with van der Waals surface area (Å²) in [6.07, 6.45) is -0.303. The van der Waals surface area contributed by atoms with Gasteiger partial charge in [0.05, 0.1) is 6.04 Å². The van der Waals surface area contributed by atoms with E-state index in [0.717, 1.165) is 11.1 Å². The number of benzene rings is 1. The summed E-state index contributed by atoms with van der Waals surface area (Å²) < 4.78 is 6.69. The third kappa shape index (κ3) is 3.11. The average molecular weight is 373 g/mol. The summed E-state index contributed by atoms with van der Waals surface area (Å²) in [4.78, 5) is 30.6. The number of hydrogen-bond acceptors (Lipinski definition) is 4. The molecule has 0 bridgehead atoms. The third-order valence-electron chi connectivity index (χ3n) is 4.75. The fourth-order valence-corrected chi connectivity index (χ4v) is 4.31. The van der Waals surface area contributed by atoms with Crippen LogP contribution >= 0.6 is 11.3 Å². The number of amides is 3. The minimum atomic E-state index is -0.512. The Hall–Kier alpha value is -2.28. The predicted molar refractivity (Wildman–Crippen MR) is 103 cm³/mol. The monoisotopic (exact) mass is 373 g/mol. The van der Waals surface area contributed by atoms with Crippen LogP contribution in [0.5, 0.6) is 0 Å². The molecule has 1 aromatic carbocycles. The number of rotatable bonds is 1. The van der Waals surface area contributed by atoms with E-state index in [9.17, 15) is 9.59 Å². The van der Waals surface area contributed by atoms with Gasteiger partial charge in [-0.2, -0.15) is 0 Å². The second-order valence-corrected chi connectivity index (χ2v) is 8.76. The molecule has 0 N–H and O–H groups in total. The Labute approximate surface area is 156 Å². The number of fused-ring (bicyclic) bond motifs is 2. The summed E-state index contributed by atoms with van der Waals surface area (Å²) in [5.41, 5.74) is 0.404. The van der Waals surface area contributed by atoms with Gasteiger partial charge in [-0.25, -0.2) is 9.59 Å². The maximum Gasteiger partial charge on any atom is 0.410 e. The summed E-state index contributed by atoms with van der Waals surface area (Å²) >= 11 is 1.70. The molecule has 0 aliphatic carbocycles. The molecular weight excluding hydrogens is 350 g/mol. The molecule has 2 saturated heterocycles. The quantitative estimate of drug-likeness (QED) is 0.765. The fourth-order valence-electron chi connectivity index (χ4n) is 3.54. The zero-order chi connectivity index (χ0) is 18.5. The number of piperazine rings is 1. The number of carbonyl (C=O) groups excluding carboxylic acids is 2. The highest BCUT2D eigenvalue weighted by molar-refractivity contribution is 7.17. The highest BCUT2D eigenvalue weighted by Crippen LogP contribution is 2.31. The van der Waals surface area contributed by atoms with Gasteiger partial charge in [0.2, 0.25) is 0 Å². The molecule has 6 nitrogen and oxygen atoms in total. The van der Waals surface area contributed by atoms with Gasteiger partial charge < -0.3 is 14.5 Å². The number of ether oxygens (including phenoxy) is 1. The molecule has 4 rings (SSSR count). The zero-order valence-electron chi connectivity index (χ0n) is 15.3. The summed E-state index contributed by atoms with van der Waals surface area (Å²) in [7, 11) is 0. The van der Waals surface area contributed by atoms with Gasteiger partial charge >= 0.3 is 12.1 Å². The van der Waals surface area contributed by atoms with Crippen LogP contribution in [0.3, 0.4) is 0 Å². The minimum absolute atomic E-state index is 0.00180. The van der Waals surface area contributed by atoms with E-state index in [0.29, 0.717) is 26.2 Å². The summed E-state index contributed by atoms with van der Waals surface area (Å²) in [5, 5.41) is 3.21. The van der Waals surface area contributed by atoms with Gasteiger partial charge in [0, 0.05) is 36.6 Å². The van der Waals surface area contributed by atoms with E-state index in [1.165, 1.54) is 4.70 Å². The first-order valence-corrected chi connectivity index (χ1v) is 9.73. The lowest BCUT2D eigenvalue weighted by Crippen LogP contribution is -2.54. The van der Waals surface area contributed by atoms with Crippen LogP contribution in [0.25, 0.3) is 10.1 Å². The van der Waals surface area contributed by atoms with Crippen molar-refractivity contribution in [2.24, 2.45) is 0 Å². The van der Waals surface area contributed by atoms with Gasteiger partial charge in [-0.1, -0.05) is 0 Å². The second-order valence-electron chi connectivity index (χ2n) is 7.81. The maximum absolute atomic E-state index is 12.8. The van der Waals surface area contributed by atoms with Crippen molar-refractivity contribution in [2.45, 2.75) is 32.4 Å². The van der Waals surface area contributed by atoms with Crippen molar-refractivity contribution in [3.8, 4) is 0 Å². The molecule has 0 spiro atoms. The molecule has 3 amide bonds. The molecule has 0 radical (unpaired) electrons. The number of carbonyl (C=O) groups is 2. The van der Waals surface area contributed by atoms with Gasteiger partial charge in [-0.15, -0.1) is 11.3 Å². The molecule has 7 heteroatoms. The highest BCUT2D eigenvalue weighted by Gasteiger charge is 2.42. The lowest BCUT2D eigenvalue weighted by Gasteiger charge is -2.36. The molecule has 2 aromatic rings. The number of thiophene rings is 1. The van der Waals surface area contributed by atoms with Gasteiger partial charge in [0.1, 0.15) is 5.60 Å². The lowest BCUT2D eigenvalue weighted by molar-refractivity contribution is 0.0128. The largest absolute Gasteiger partial charge is 0.444 e.